The molecule has 32 heavy (non-hydrogen) atoms. The molecular weight excluding hydrogens is 492 g/mol. The molecule has 8 heteroatoms. The van der Waals surface area contributed by atoms with Crippen molar-refractivity contribution in [2.24, 2.45) is 0 Å². The van der Waals surface area contributed by atoms with Crippen molar-refractivity contribution in [3.8, 4) is 5.75 Å². The van der Waals surface area contributed by atoms with Gasteiger partial charge in [-0.15, -0.1) is 0 Å². The van der Waals surface area contributed by atoms with E-state index >= 15 is 0 Å². The Kier molecular flexibility index (Phi) is 9.40. The minimum atomic E-state index is -3.61. The second-order valence-electron chi connectivity index (χ2n) is 8.26. The molecule has 0 bridgehead atoms. The summed E-state index contributed by atoms with van der Waals surface area (Å²) in [6.45, 7) is 3.80. The van der Waals surface area contributed by atoms with Gasteiger partial charge in [-0.3, -0.25) is 4.31 Å². The Morgan fingerprint density at radius 3 is 2.28 bits per heavy atom. The molecule has 1 fully saturated rings. The molecule has 1 N–H and O–H groups in total. The van der Waals surface area contributed by atoms with Crippen LogP contribution in [0.4, 0.5) is 5.69 Å². The highest BCUT2D eigenvalue weighted by Crippen LogP contribution is 2.25. The van der Waals surface area contributed by atoms with Crippen LogP contribution in [0.1, 0.15) is 38.5 Å². The van der Waals surface area contributed by atoms with Crippen LogP contribution in [0.25, 0.3) is 0 Å². The molecule has 1 aliphatic rings. The summed E-state index contributed by atoms with van der Waals surface area (Å²) in [5.41, 5.74) is 0.588. The molecular formula is C24H33BrN2O4S. The highest BCUT2D eigenvalue weighted by Gasteiger charge is 2.21. The third-order valence-corrected chi connectivity index (χ3v) is 8.20. The average Bonchev–Trinajstić information content (AvgIpc) is 2.80. The zero-order valence-corrected chi connectivity index (χ0v) is 21.0. The lowest BCUT2D eigenvalue weighted by Gasteiger charge is -2.29. The molecule has 0 aliphatic carbocycles. The van der Waals surface area contributed by atoms with Gasteiger partial charge in [0, 0.05) is 24.6 Å². The maximum absolute atomic E-state index is 12.8. The Morgan fingerprint density at radius 1 is 1.00 bits per heavy atom. The van der Waals surface area contributed by atoms with Crippen LogP contribution in [0.3, 0.4) is 0 Å². The lowest BCUT2D eigenvalue weighted by molar-refractivity contribution is 0.0817. The maximum Gasteiger partial charge on any atom is 0.264 e. The molecule has 0 amide bonds. The highest BCUT2D eigenvalue weighted by atomic mass is 79.9. The first-order valence-electron chi connectivity index (χ1n) is 11.2. The van der Waals surface area contributed by atoms with Crippen LogP contribution in [-0.2, 0) is 10.0 Å². The molecule has 1 saturated heterocycles. The summed E-state index contributed by atoms with van der Waals surface area (Å²) in [6, 6.07) is 13.8. The molecule has 6 nitrogen and oxygen atoms in total. The number of unbranched alkanes of at least 4 members (excludes halogenated alkanes) is 3. The van der Waals surface area contributed by atoms with Gasteiger partial charge in [-0.05, 0) is 80.8 Å². The van der Waals surface area contributed by atoms with Crippen molar-refractivity contribution < 1.29 is 18.3 Å². The fourth-order valence-electron chi connectivity index (χ4n) is 3.78. The summed E-state index contributed by atoms with van der Waals surface area (Å²) < 4.78 is 33.6. The van der Waals surface area contributed by atoms with E-state index in [2.05, 4.69) is 20.8 Å². The van der Waals surface area contributed by atoms with E-state index in [0.717, 1.165) is 55.5 Å². The third-order valence-electron chi connectivity index (χ3n) is 5.87. The number of halogens is 1. The van der Waals surface area contributed by atoms with E-state index in [4.69, 9.17) is 4.74 Å². The highest BCUT2D eigenvalue weighted by molar-refractivity contribution is 9.10. The Morgan fingerprint density at radius 2 is 1.62 bits per heavy atom. The molecule has 0 aromatic heterocycles. The summed E-state index contributed by atoms with van der Waals surface area (Å²) in [5, 5.41) is 9.55. The van der Waals surface area contributed by atoms with Crippen LogP contribution in [0, 0.1) is 0 Å². The number of hydrogen-bond acceptors (Lipinski definition) is 5. The number of rotatable bonds is 11. The first-order valence-corrected chi connectivity index (χ1v) is 13.5. The number of nitrogens with zero attached hydrogens (tertiary/aromatic N) is 2. The van der Waals surface area contributed by atoms with Gasteiger partial charge in [-0.2, -0.15) is 0 Å². The van der Waals surface area contributed by atoms with E-state index in [0.29, 0.717) is 12.3 Å². The molecule has 2 aromatic rings. The van der Waals surface area contributed by atoms with E-state index in [1.165, 1.54) is 17.1 Å². The maximum atomic E-state index is 12.8. The standard InChI is InChI=1S/C24H33BrN2O4S/c1-26(32(29,30)24-12-6-20(25)7-13-24)21-8-10-23(11-9-21)31-19-5-3-2-4-16-27-17-14-22(28)15-18-27/h6-13,22,28H,2-5,14-19H2,1H3. The first kappa shape index (κ1) is 25.0. The van der Waals surface area contributed by atoms with Gasteiger partial charge in [0.25, 0.3) is 10.0 Å². The molecule has 0 unspecified atom stereocenters. The summed E-state index contributed by atoms with van der Waals surface area (Å²) in [5.74, 6) is 0.745. The van der Waals surface area contributed by atoms with Gasteiger partial charge in [0.15, 0.2) is 0 Å². The van der Waals surface area contributed by atoms with Crippen molar-refractivity contribution in [1.29, 1.82) is 0 Å². The molecule has 2 aromatic carbocycles. The van der Waals surface area contributed by atoms with E-state index in [-0.39, 0.29) is 11.0 Å². The van der Waals surface area contributed by atoms with E-state index < -0.39 is 10.0 Å². The van der Waals surface area contributed by atoms with Crippen molar-refractivity contribution in [2.75, 3.05) is 37.6 Å². The number of piperidine rings is 1. The minimum Gasteiger partial charge on any atom is -0.494 e. The average molecular weight is 526 g/mol. The van der Waals surface area contributed by atoms with Crippen molar-refractivity contribution in [3.05, 3.63) is 53.0 Å². The topological polar surface area (TPSA) is 70.1 Å². The summed E-state index contributed by atoms with van der Waals surface area (Å²) in [6.07, 6.45) is 6.19. The quantitative estimate of drug-likeness (QED) is 0.432. The number of benzene rings is 2. The minimum absolute atomic E-state index is 0.103. The largest absolute Gasteiger partial charge is 0.494 e. The fourth-order valence-corrected chi connectivity index (χ4v) is 5.24. The number of sulfonamides is 1. The lowest BCUT2D eigenvalue weighted by Crippen LogP contribution is -2.36. The van der Waals surface area contributed by atoms with Crippen LogP contribution in [-0.4, -0.2) is 57.8 Å². The van der Waals surface area contributed by atoms with Gasteiger partial charge in [0.2, 0.25) is 0 Å². The van der Waals surface area contributed by atoms with Gasteiger partial charge in [-0.25, -0.2) is 8.42 Å². The Bertz CT molecular complexity index is 927. The number of aliphatic hydroxyl groups is 1. The zero-order chi connectivity index (χ0) is 23.0. The second kappa shape index (κ2) is 12.0. The van der Waals surface area contributed by atoms with Crippen LogP contribution >= 0.6 is 15.9 Å². The SMILES string of the molecule is CN(c1ccc(OCCCCCCN2CCC(O)CC2)cc1)S(=O)(=O)c1ccc(Br)cc1. The number of aliphatic hydroxyl groups excluding tert-OH is 1. The van der Waals surface area contributed by atoms with Gasteiger partial charge in [0.05, 0.1) is 23.3 Å². The summed E-state index contributed by atoms with van der Waals surface area (Å²) in [7, 11) is -2.05. The summed E-state index contributed by atoms with van der Waals surface area (Å²) in [4.78, 5) is 2.69. The Balaban J connectivity index is 1.37. The van der Waals surface area contributed by atoms with Gasteiger partial charge in [-0.1, -0.05) is 28.8 Å². The summed E-state index contributed by atoms with van der Waals surface area (Å²) >= 11 is 3.33. The number of ether oxygens (including phenoxy) is 1. The van der Waals surface area contributed by atoms with Crippen LogP contribution in [0.2, 0.25) is 0 Å². The molecule has 0 saturated carbocycles. The fraction of sp³-hybridized carbons (Fsp3) is 0.500. The molecule has 0 spiro atoms. The second-order valence-corrected chi connectivity index (χ2v) is 11.1. The lowest BCUT2D eigenvalue weighted by atomic mass is 10.1. The van der Waals surface area contributed by atoms with E-state index in [1.54, 1.807) is 43.4 Å². The molecule has 0 radical (unpaired) electrons. The zero-order valence-electron chi connectivity index (χ0n) is 18.6. The number of anilines is 1. The number of hydrogen-bond donors (Lipinski definition) is 1. The van der Waals surface area contributed by atoms with E-state index in [1.807, 2.05) is 12.1 Å². The first-order chi connectivity index (χ1) is 15.4. The monoisotopic (exact) mass is 524 g/mol. The smallest absolute Gasteiger partial charge is 0.264 e. The van der Waals surface area contributed by atoms with Crippen molar-refractivity contribution in [3.63, 3.8) is 0 Å². The van der Waals surface area contributed by atoms with Gasteiger partial charge < -0.3 is 14.7 Å². The molecule has 0 atom stereocenters. The Hall–Kier alpha value is -1.61. The van der Waals surface area contributed by atoms with Gasteiger partial charge in [0.1, 0.15) is 5.75 Å². The van der Waals surface area contributed by atoms with Crippen molar-refractivity contribution in [2.45, 2.75) is 49.5 Å². The van der Waals surface area contributed by atoms with E-state index in [9.17, 15) is 13.5 Å². The predicted octanol–water partition coefficient (Wildman–Crippen LogP) is 4.67. The third kappa shape index (κ3) is 7.20. The van der Waals surface area contributed by atoms with Crippen LogP contribution < -0.4 is 9.04 Å². The molecule has 176 valence electrons. The number of likely N-dealkylation sites (tertiary alicyclic amines) is 1. The molecule has 1 heterocycles. The van der Waals surface area contributed by atoms with Crippen molar-refractivity contribution >= 4 is 31.6 Å². The molecule has 3 rings (SSSR count). The van der Waals surface area contributed by atoms with Crippen molar-refractivity contribution in [1.82, 2.24) is 4.90 Å². The normalized spacial score (nSPS) is 15.6. The molecule has 1 aliphatic heterocycles. The van der Waals surface area contributed by atoms with Crippen LogP contribution in [0.15, 0.2) is 57.9 Å². The Labute approximate surface area is 200 Å². The van der Waals surface area contributed by atoms with Gasteiger partial charge >= 0.3 is 0 Å². The van der Waals surface area contributed by atoms with Crippen LogP contribution in [0.5, 0.6) is 5.75 Å². The predicted molar refractivity (Wildman–Crippen MR) is 132 cm³/mol.